The number of hydrogen-bond acceptors (Lipinski definition) is 5. The van der Waals surface area contributed by atoms with Crippen molar-refractivity contribution in [1.82, 2.24) is 5.16 Å². The Labute approximate surface area is 199 Å². The van der Waals surface area contributed by atoms with Crippen molar-refractivity contribution < 1.29 is 9.32 Å². The van der Waals surface area contributed by atoms with Crippen molar-refractivity contribution in [2.75, 3.05) is 9.91 Å². The van der Waals surface area contributed by atoms with E-state index in [1.54, 1.807) is 4.90 Å². The van der Waals surface area contributed by atoms with E-state index in [9.17, 15) is 4.79 Å². The summed E-state index contributed by atoms with van der Waals surface area (Å²) in [5, 5.41) is 11.1. The molecule has 4 aromatic rings. The number of aryl methyl sites for hydroxylation is 1. The van der Waals surface area contributed by atoms with Gasteiger partial charge in [-0.1, -0.05) is 71.4 Å². The molecule has 1 aliphatic heterocycles. The summed E-state index contributed by atoms with van der Waals surface area (Å²) in [6, 6.07) is 27.4. The minimum absolute atomic E-state index is 0.0733. The van der Waals surface area contributed by atoms with Crippen molar-refractivity contribution in [3.05, 3.63) is 102 Å². The van der Waals surface area contributed by atoms with Gasteiger partial charge < -0.3 is 9.42 Å². The number of fused-ring (bicyclic) bond motifs is 1. The predicted molar refractivity (Wildman–Crippen MR) is 135 cm³/mol. The molecule has 6 heteroatoms. The first-order valence-electron chi connectivity index (χ1n) is 11.4. The third-order valence-corrected chi connectivity index (χ3v) is 5.86. The quantitative estimate of drug-likeness (QED) is 0.385. The Morgan fingerprint density at radius 1 is 0.941 bits per heavy atom. The predicted octanol–water partition coefficient (Wildman–Crippen LogP) is 5.82. The number of hydrazone groups is 1. The van der Waals surface area contributed by atoms with Crippen LogP contribution in [0.2, 0.25) is 0 Å². The first-order valence-corrected chi connectivity index (χ1v) is 11.4. The number of anilines is 2. The third kappa shape index (κ3) is 3.99. The minimum Gasteiger partial charge on any atom is -0.355 e. The average molecular weight is 451 g/mol. The highest BCUT2D eigenvalue weighted by atomic mass is 16.5. The van der Waals surface area contributed by atoms with Crippen LogP contribution in [0.25, 0.3) is 11.3 Å². The Bertz CT molecular complexity index is 1330. The Kier molecular flexibility index (Phi) is 5.72. The molecule has 0 saturated heterocycles. The van der Waals surface area contributed by atoms with E-state index in [-0.39, 0.29) is 11.9 Å². The van der Waals surface area contributed by atoms with E-state index in [0.717, 1.165) is 22.5 Å². The number of amides is 1. The summed E-state index contributed by atoms with van der Waals surface area (Å²) in [4.78, 5) is 15.9. The van der Waals surface area contributed by atoms with Crippen LogP contribution < -0.4 is 9.91 Å². The van der Waals surface area contributed by atoms with Crippen LogP contribution in [-0.2, 0) is 11.3 Å². The Balaban J connectivity index is 1.66. The number of carbonyl (C=O) groups is 1. The SMILES string of the molecule is Cc1ccc(N2Cc3noc(-c4ccccc4)c3C(C(=O)N(c3ccccc3)C(C)C)=N2)cc1. The standard InChI is InChI=1S/C28H26N4O2/c1-19(2)32(23-12-8-5-9-13-23)28(33)26-25-24(30-34-27(25)21-10-6-4-7-11-21)18-31(29-26)22-16-14-20(3)15-17-22/h4-17,19H,18H2,1-3H3. The molecule has 0 spiro atoms. The van der Waals surface area contributed by atoms with E-state index >= 15 is 0 Å². The van der Waals surface area contributed by atoms with Gasteiger partial charge in [0.05, 0.1) is 17.8 Å². The second kappa shape index (κ2) is 8.98. The van der Waals surface area contributed by atoms with Crippen molar-refractivity contribution in [3.8, 4) is 11.3 Å². The van der Waals surface area contributed by atoms with Crippen molar-refractivity contribution in [2.45, 2.75) is 33.4 Å². The molecule has 2 heterocycles. The minimum atomic E-state index is -0.195. The number of carbonyl (C=O) groups excluding carboxylic acids is 1. The Morgan fingerprint density at radius 3 is 2.24 bits per heavy atom. The molecule has 5 rings (SSSR count). The molecule has 0 fully saturated rings. The third-order valence-electron chi connectivity index (χ3n) is 5.86. The maximum atomic E-state index is 14.1. The van der Waals surface area contributed by atoms with Crippen LogP contribution in [0.3, 0.4) is 0 Å². The van der Waals surface area contributed by atoms with Gasteiger partial charge in [-0.05, 0) is 45.0 Å². The number of benzene rings is 3. The molecule has 0 aliphatic carbocycles. The van der Waals surface area contributed by atoms with E-state index in [1.165, 1.54) is 0 Å². The molecule has 0 N–H and O–H groups in total. The molecule has 0 atom stereocenters. The molecule has 3 aromatic carbocycles. The molecule has 170 valence electrons. The summed E-state index contributed by atoms with van der Waals surface area (Å²) in [5.74, 6) is 0.364. The van der Waals surface area contributed by atoms with Gasteiger partial charge in [-0.2, -0.15) is 5.10 Å². The fourth-order valence-corrected chi connectivity index (χ4v) is 4.18. The van der Waals surface area contributed by atoms with Gasteiger partial charge in [0.25, 0.3) is 5.91 Å². The normalized spacial score (nSPS) is 12.9. The van der Waals surface area contributed by atoms with Crippen LogP contribution in [0, 0.1) is 6.92 Å². The number of rotatable bonds is 5. The van der Waals surface area contributed by atoms with E-state index in [1.807, 2.05) is 111 Å². The molecular formula is C28H26N4O2. The van der Waals surface area contributed by atoms with Gasteiger partial charge in [0, 0.05) is 17.3 Å². The van der Waals surface area contributed by atoms with Gasteiger partial charge in [0.15, 0.2) is 11.5 Å². The largest absolute Gasteiger partial charge is 0.355 e. The monoisotopic (exact) mass is 450 g/mol. The van der Waals surface area contributed by atoms with E-state index < -0.39 is 0 Å². The van der Waals surface area contributed by atoms with E-state index in [2.05, 4.69) is 5.16 Å². The van der Waals surface area contributed by atoms with Gasteiger partial charge in [-0.25, -0.2) is 0 Å². The highest BCUT2D eigenvalue weighted by Gasteiger charge is 2.35. The van der Waals surface area contributed by atoms with Crippen molar-refractivity contribution >= 4 is 23.0 Å². The zero-order valence-electron chi connectivity index (χ0n) is 19.5. The van der Waals surface area contributed by atoms with Gasteiger partial charge in [0.2, 0.25) is 0 Å². The van der Waals surface area contributed by atoms with Crippen molar-refractivity contribution in [3.63, 3.8) is 0 Å². The van der Waals surface area contributed by atoms with Crippen LogP contribution in [0.4, 0.5) is 11.4 Å². The summed E-state index contributed by atoms with van der Waals surface area (Å²) >= 11 is 0. The molecule has 1 amide bonds. The smallest absolute Gasteiger partial charge is 0.279 e. The Hall–Kier alpha value is -4.19. The highest BCUT2D eigenvalue weighted by molar-refractivity contribution is 6.50. The highest BCUT2D eigenvalue weighted by Crippen LogP contribution is 2.33. The zero-order chi connectivity index (χ0) is 23.7. The van der Waals surface area contributed by atoms with Crippen LogP contribution >= 0.6 is 0 Å². The molecular weight excluding hydrogens is 424 g/mol. The van der Waals surface area contributed by atoms with Crippen LogP contribution in [0.15, 0.2) is 94.6 Å². The summed E-state index contributed by atoms with van der Waals surface area (Å²) in [7, 11) is 0. The lowest BCUT2D eigenvalue weighted by molar-refractivity contribution is -0.112. The molecule has 1 aromatic heterocycles. The van der Waals surface area contributed by atoms with E-state index in [4.69, 9.17) is 9.62 Å². The molecule has 6 nitrogen and oxygen atoms in total. The molecule has 0 radical (unpaired) electrons. The topological polar surface area (TPSA) is 61.9 Å². The van der Waals surface area contributed by atoms with Crippen molar-refractivity contribution in [2.24, 2.45) is 5.10 Å². The Morgan fingerprint density at radius 2 is 1.59 bits per heavy atom. The molecule has 0 unspecified atom stereocenters. The maximum absolute atomic E-state index is 14.1. The molecule has 0 bridgehead atoms. The number of para-hydroxylation sites is 1. The fraction of sp³-hybridized carbons (Fsp3) is 0.179. The maximum Gasteiger partial charge on any atom is 0.279 e. The average Bonchev–Trinajstić information content (AvgIpc) is 3.29. The first-order chi connectivity index (χ1) is 16.5. The van der Waals surface area contributed by atoms with Crippen LogP contribution in [0.1, 0.15) is 30.7 Å². The number of nitrogens with zero attached hydrogens (tertiary/aromatic N) is 4. The van der Waals surface area contributed by atoms with E-state index in [0.29, 0.717) is 29.3 Å². The summed E-state index contributed by atoms with van der Waals surface area (Å²) in [6.45, 7) is 6.45. The molecule has 34 heavy (non-hydrogen) atoms. The lowest BCUT2D eigenvalue weighted by atomic mass is 9.99. The summed E-state index contributed by atoms with van der Waals surface area (Å²) < 4.78 is 5.81. The second-order valence-corrected chi connectivity index (χ2v) is 8.65. The molecule has 0 saturated carbocycles. The van der Waals surface area contributed by atoms with Gasteiger partial charge in [-0.15, -0.1) is 0 Å². The number of aromatic nitrogens is 1. The summed E-state index contributed by atoms with van der Waals surface area (Å²) in [5.41, 5.74) is 5.38. The van der Waals surface area contributed by atoms with Crippen LogP contribution in [-0.4, -0.2) is 22.8 Å². The summed E-state index contributed by atoms with van der Waals surface area (Å²) in [6.07, 6.45) is 0. The molecule has 1 aliphatic rings. The van der Waals surface area contributed by atoms with Gasteiger partial charge in [0.1, 0.15) is 5.69 Å². The fourth-order valence-electron chi connectivity index (χ4n) is 4.18. The van der Waals surface area contributed by atoms with Crippen LogP contribution in [0.5, 0.6) is 0 Å². The van der Waals surface area contributed by atoms with Gasteiger partial charge in [-0.3, -0.25) is 9.80 Å². The lowest BCUT2D eigenvalue weighted by Crippen LogP contribution is -2.44. The van der Waals surface area contributed by atoms with Crippen molar-refractivity contribution in [1.29, 1.82) is 0 Å². The first kappa shape index (κ1) is 21.6. The number of hydrogen-bond donors (Lipinski definition) is 0. The van der Waals surface area contributed by atoms with Gasteiger partial charge >= 0.3 is 0 Å². The second-order valence-electron chi connectivity index (χ2n) is 8.65. The zero-order valence-corrected chi connectivity index (χ0v) is 19.5. The lowest BCUT2D eigenvalue weighted by Gasteiger charge is -2.30.